The smallest absolute Gasteiger partial charge is 0.319 e. The minimum atomic E-state index is -1.32. The summed E-state index contributed by atoms with van der Waals surface area (Å²) in [6.45, 7) is 3.50. The van der Waals surface area contributed by atoms with Gasteiger partial charge in [0, 0.05) is 43.9 Å². The predicted molar refractivity (Wildman–Crippen MR) is 196 cm³/mol. The molecule has 0 unspecified atom stereocenters. The number of anilines is 3. The third-order valence-electron chi connectivity index (χ3n) is 9.75. The molecule has 2 aliphatic heterocycles. The molecule has 6 aromatic rings. The van der Waals surface area contributed by atoms with Gasteiger partial charge in [-0.1, -0.05) is 72.7 Å². The van der Waals surface area contributed by atoms with E-state index >= 15 is 0 Å². The second-order valence-electron chi connectivity index (χ2n) is 13.2. The number of aliphatic hydroxyl groups excluding tert-OH is 2. The maximum absolute atomic E-state index is 12.8. The van der Waals surface area contributed by atoms with Crippen molar-refractivity contribution in [2.75, 3.05) is 35.2 Å². The zero-order valence-electron chi connectivity index (χ0n) is 29.0. The molecular weight excluding hydrogens is 676 g/mol. The number of nitrogens with zero attached hydrogens (tertiary/aromatic N) is 7. The van der Waals surface area contributed by atoms with Crippen molar-refractivity contribution in [3.63, 3.8) is 0 Å². The minimum absolute atomic E-state index is 0.00236. The highest BCUT2D eigenvalue weighted by atomic mass is 16.6. The van der Waals surface area contributed by atoms with Gasteiger partial charge in [0.05, 0.1) is 23.9 Å². The molecule has 8 rings (SSSR count). The summed E-state index contributed by atoms with van der Waals surface area (Å²) in [7, 11) is 0. The van der Waals surface area contributed by atoms with Gasteiger partial charge in [-0.15, -0.1) is 0 Å². The first-order chi connectivity index (χ1) is 25.9. The first-order valence-electron chi connectivity index (χ1n) is 17.7. The van der Waals surface area contributed by atoms with E-state index in [0.717, 1.165) is 11.1 Å². The monoisotopic (exact) mass is 716 g/mol. The van der Waals surface area contributed by atoms with Crippen LogP contribution in [0, 0.1) is 0 Å². The normalized spacial score (nSPS) is 21.4. The Labute approximate surface area is 305 Å². The van der Waals surface area contributed by atoms with Crippen LogP contribution in [-0.4, -0.2) is 83.8 Å². The number of hydrogen-bond acceptors (Lipinski definition) is 12. The number of amides is 2. The number of aryl methyl sites for hydroxylation is 1. The zero-order valence-corrected chi connectivity index (χ0v) is 29.0. The van der Waals surface area contributed by atoms with Crippen molar-refractivity contribution in [1.82, 2.24) is 35.0 Å². The summed E-state index contributed by atoms with van der Waals surface area (Å²) < 4.78 is 13.3. The molecule has 2 saturated heterocycles. The standard InChI is InChI=1S/C38H40N10O5/c1-2-25-18-29(53-46-25)33-31(49)32(50)36(52-33)48-22-41-30-34(40-20-28(23-10-5-3-6-11-23)24-12-7-4-8-13-24)44-37(45-35(30)48)47-17-15-27(21-47)43-38(51)42-26-14-9-16-39-19-26/h3-14,16,18-19,22,27-28,31-33,36,49-50H,2,15,17,20-21H2,1H3,(H,40,44,45)(H2,42,43,51)/t27-,31-,32+,33+,36+/m0/s1. The number of aliphatic hydroxyl groups is 2. The molecule has 2 amide bonds. The Kier molecular flexibility index (Phi) is 9.67. The van der Waals surface area contributed by atoms with Crippen LogP contribution in [0.15, 0.2) is 102 Å². The molecule has 2 aromatic carbocycles. The van der Waals surface area contributed by atoms with Crippen molar-refractivity contribution in [3.8, 4) is 0 Å². The van der Waals surface area contributed by atoms with Crippen molar-refractivity contribution < 1.29 is 24.3 Å². The molecule has 15 nitrogen and oxygen atoms in total. The van der Waals surface area contributed by atoms with Crippen LogP contribution in [0.1, 0.15) is 54.2 Å². The molecule has 2 aliphatic rings. The van der Waals surface area contributed by atoms with Crippen LogP contribution in [0.4, 0.5) is 22.2 Å². The number of fused-ring (bicyclic) bond motifs is 1. The molecule has 5 atom stereocenters. The molecule has 6 heterocycles. The average Bonchev–Trinajstić information content (AvgIpc) is 4.00. The Morgan fingerprint density at radius 2 is 1.77 bits per heavy atom. The Morgan fingerprint density at radius 1 is 1.00 bits per heavy atom. The van der Waals surface area contributed by atoms with Gasteiger partial charge >= 0.3 is 6.03 Å². The van der Waals surface area contributed by atoms with Crippen molar-refractivity contribution in [2.45, 2.75) is 56.3 Å². The topological polar surface area (TPSA) is 189 Å². The van der Waals surface area contributed by atoms with Crippen LogP contribution < -0.4 is 20.9 Å². The molecule has 0 saturated carbocycles. The molecule has 0 radical (unpaired) electrons. The fourth-order valence-electron chi connectivity index (χ4n) is 6.96. The number of ether oxygens (including phenoxy) is 1. The maximum Gasteiger partial charge on any atom is 0.319 e. The molecule has 5 N–H and O–H groups in total. The average molecular weight is 717 g/mol. The van der Waals surface area contributed by atoms with Gasteiger partial charge in [-0.25, -0.2) is 9.78 Å². The maximum atomic E-state index is 12.8. The lowest BCUT2D eigenvalue weighted by molar-refractivity contribution is -0.0434. The molecule has 0 spiro atoms. The number of aromatic nitrogens is 6. The highest BCUT2D eigenvalue weighted by Gasteiger charge is 2.47. The third kappa shape index (κ3) is 7.13. The van der Waals surface area contributed by atoms with Gasteiger partial charge in [-0.05, 0) is 36.1 Å². The fourth-order valence-corrected chi connectivity index (χ4v) is 6.96. The highest BCUT2D eigenvalue weighted by Crippen LogP contribution is 2.41. The highest BCUT2D eigenvalue weighted by molar-refractivity contribution is 5.89. The predicted octanol–water partition coefficient (Wildman–Crippen LogP) is 4.41. The minimum Gasteiger partial charge on any atom is -0.387 e. The van der Waals surface area contributed by atoms with E-state index in [0.29, 0.717) is 72.5 Å². The molecule has 15 heteroatoms. The van der Waals surface area contributed by atoms with E-state index in [1.165, 1.54) is 6.33 Å². The van der Waals surface area contributed by atoms with Gasteiger partial charge in [0.1, 0.15) is 18.3 Å². The van der Waals surface area contributed by atoms with E-state index in [-0.39, 0.29) is 18.0 Å². The third-order valence-corrected chi connectivity index (χ3v) is 9.75. The first kappa shape index (κ1) is 34.2. The Hall–Kier alpha value is -5.90. The number of benzene rings is 2. The van der Waals surface area contributed by atoms with Crippen LogP contribution in [0.2, 0.25) is 0 Å². The second kappa shape index (κ2) is 15.0. The van der Waals surface area contributed by atoms with Crippen molar-refractivity contribution in [3.05, 3.63) is 120 Å². The Bertz CT molecular complexity index is 2110. The van der Waals surface area contributed by atoms with Crippen molar-refractivity contribution in [1.29, 1.82) is 0 Å². The van der Waals surface area contributed by atoms with Gasteiger partial charge in [-0.2, -0.15) is 9.97 Å². The van der Waals surface area contributed by atoms with Crippen LogP contribution in [0.3, 0.4) is 0 Å². The second-order valence-corrected chi connectivity index (χ2v) is 13.2. The molecule has 0 aliphatic carbocycles. The largest absolute Gasteiger partial charge is 0.387 e. The van der Waals surface area contributed by atoms with Crippen LogP contribution in [-0.2, 0) is 11.2 Å². The Balaban J connectivity index is 1.10. The number of nitrogens with one attached hydrogen (secondary N) is 3. The van der Waals surface area contributed by atoms with Crippen LogP contribution in [0.25, 0.3) is 11.2 Å². The number of urea groups is 1. The van der Waals surface area contributed by atoms with Gasteiger partial charge in [0.2, 0.25) is 5.95 Å². The molecule has 53 heavy (non-hydrogen) atoms. The van der Waals surface area contributed by atoms with Gasteiger partial charge in [-0.3, -0.25) is 9.55 Å². The number of rotatable bonds is 11. The number of carbonyl (C=O) groups excluding carboxylic acids is 1. The summed E-state index contributed by atoms with van der Waals surface area (Å²) in [5, 5.41) is 35.8. The fraction of sp³-hybridized carbons (Fsp3) is 0.316. The van der Waals surface area contributed by atoms with Gasteiger partial charge in [0.15, 0.2) is 29.0 Å². The summed E-state index contributed by atoms with van der Waals surface area (Å²) >= 11 is 0. The van der Waals surface area contributed by atoms with Gasteiger partial charge < -0.3 is 40.3 Å². The number of hydrogen-bond donors (Lipinski definition) is 5. The van der Waals surface area contributed by atoms with Gasteiger partial charge in [0.25, 0.3) is 0 Å². The lowest BCUT2D eigenvalue weighted by atomic mass is 9.91. The molecule has 272 valence electrons. The summed E-state index contributed by atoms with van der Waals surface area (Å²) in [6, 6.07) is 25.3. The number of imidazole rings is 1. The lowest BCUT2D eigenvalue weighted by Gasteiger charge is -2.22. The van der Waals surface area contributed by atoms with E-state index in [4.69, 9.17) is 24.2 Å². The Morgan fingerprint density at radius 3 is 2.47 bits per heavy atom. The van der Waals surface area contributed by atoms with E-state index in [1.807, 2.05) is 48.2 Å². The van der Waals surface area contributed by atoms with E-state index < -0.39 is 24.5 Å². The quantitative estimate of drug-likeness (QED) is 0.127. The number of pyridine rings is 1. The summed E-state index contributed by atoms with van der Waals surface area (Å²) in [5.74, 6) is 1.24. The first-order valence-corrected chi connectivity index (χ1v) is 17.7. The van der Waals surface area contributed by atoms with Crippen LogP contribution in [0.5, 0.6) is 0 Å². The zero-order chi connectivity index (χ0) is 36.3. The van der Waals surface area contributed by atoms with Crippen LogP contribution >= 0.6 is 0 Å². The van der Waals surface area contributed by atoms with E-state index in [9.17, 15) is 15.0 Å². The van der Waals surface area contributed by atoms with E-state index in [2.05, 4.69) is 50.4 Å². The SMILES string of the molecule is CCc1cc([C@H]2O[C@@H](n3cnc4c(NCC(c5ccccc5)c5ccccc5)nc(N5CC[C@H](NC(=O)Nc6cccnc6)C5)nc43)[C@H](O)[C@@H]2O)on1. The summed E-state index contributed by atoms with van der Waals surface area (Å²) in [5.41, 5.74) is 4.47. The van der Waals surface area contributed by atoms with E-state index in [1.54, 1.807) is 35.2 Å². The van der Waals surface area contributed by atoms with Crippen molar-refractivity contribution in [2.24, 2.45) is 0 Å². The molecular formula is C38H40N10O5. The number of carbonyl (C=O) groups is 1. The molecule has 4 aromatic heterocycles. The molecule has 0 bridgehead atoms. The lowest BCUT2D eigenvalue weighted by Crippen LogP contribution is -2.40. The summed E-state index contributed by atoms with van der Waals surface area (Å²) in [6.07, 6.45) is 1.51. The van der Waals surface area contributed by atoms with Crippen molar-refractivity contribution >= 4 is 34.6 Å². The summed E-state index contributed by atoms with van der Waals surface area (Å²) in [4.78, 5) is 33.5. The molecule has 2 fully saturated rings.